The van der Waals surface area contributed by atoms with Crippen LogP contribution in [0.25, 0.3) is 0 Å². The number of halogens is 1. The highest BCUT2D eigenvalue weighted by molar-refractivity contribution is 7.99. The minimum atomic E-state index is -0.157. The van der Waals surface area contributed by atoms with Gasteiger partial charge < -0.3 is 5.32 Å². The molecule has 1 saturated heterocycles. The molecule has 0 saturated carbocycles. The van der Waals surface area contributed by atoms with Crippen molar-refractivity contribution in [2.45, 2.75) is 33.2 Å². The van der Waals surface area contributed by atoms with Gasteiger partial charge in [0.1, 0.15) is 5.82 Å². The van der Waals surface area contributed by atoms with E-state index in [0.717, 1.165) is 23.4 Å². The fourth-order valence-corrected chi connectivity index (χ4v) is 3.68. The van der Waals surface area contributed by atoms with E-state index in [1.807, 2.05) is 24.8 Å². The summed E-state index contributed by atoms with van der Waals surface area (Å²) >= 11 is 1.98. The summed E-state index contributed by atoms with van der Waals surface area (Å²) in [7, 11) is 0. The Morgan fingerprint density at radius 1 is 1.35 bits per heavy atom. The molecule has 0 bridgehead atoms. The summed E-state index contributed by atoms with van der Waals surface area (Å²) in [5, 5.41) is 3.46. The lowest BCUT2D eigenvalue weighted by Gasteiger charge is -2.35. The van der Waals surface area contributed by atoms with Crippen LogP contribution in [0.1, 0.15) is 25.8 Å². The Labute approximate surface area is 107 Å². The fourth-order valence-electron chi connectivity index (χ4n) is 2.41. The second-order valence-electron chi connectivity index (χ2n) is 5.74. The molecule has 0 radical (unpaired) electrons. The van der Waals surface area contributed by atoms with Crippen LogP contribution in [0.5, 0.6) is 0 Å². The van der Waals surface area contributed by atoms with E-state index in [-0.39, 0.29) is 5.82 Å². The first-order valence-electron chi connectivity index (χ1n) is 6.06. The normalized spacial score (nSPS) is 23.4. The Morgan fingerprint density at radius 2 is 2.12 bits per heavy atom. The Bertz CT molecular complexity index is 383. The minimum Gasteiger partial charge on any atom is -0.381 e. The van der Waals surface area contributed by atoms with Crippen molar-refractivity contribution in [2.75, 3.05) is 16.8 Å². The third-order valence-electron chi connectivity index (χ3n) is 3.02. The van der Waals surface area contributed by atoms with E-state index < -0.39 is 0 Å². The lowest BCUT2D eigenvalue weighted by molar-refractivity contribution is 0.358. The van der Waals surface area contributed by atoms with Gasteiger partial charge in [-0.15, -0.1) is 0 Å². The van der Waals surface area contributed by atoms with E-state index in [1.54, 1.807) is 12.1 Å². The molecule has 94 valence electrons. The summed E-state index contributed by atoms with van der Waals surface area (Å²) < 4.78 is 13.3. The van der Waals surface area contributed by atoms with Crippen molar-refractivity contribution < 1.29 is 4.39 Å². The van der Waals surface area contributed by atoms with E-state index in [9.17, 15) is 4.39 Å². The number of benzene rings is 1. The predicted octanol–water partition coefficient (Wildman–Crippen LogP) is 4.08. The maximum atomic E-state index is 13.3. The van der Waals surface area contributed by atoms with E-state index in [0.29, 0.717) is 11.5 Å². The van der Waals surface area contributed by atoms with Gasteiger partial charge in [0.2, 0.25) is 0 Å². The molecule has 1 fully saturated rings. The van der Waals surface area contributed by atoms with E-state index in [1.165, 1.54) is 5.75 Å². The van der Waals surface area contributed by atoms with E-state index in [4.69, 9.17) is 0 Å². The summed E-state index contributed by atoms with van der Waals surface area (Å²) in [5.74, 6) is 2.17. The van der Waals surface area contributed by atoms with Crippen LogP contribution in [0, 0.1) is 18.2 Å². The molecule has 3 heteroatoms. The van der Waals surface area contributed by atoms with Gasteiger partial charge in [0.25, 0.3) is 0 Å². The Kier molecular flexibility index (Phi) is 3.67. The molecule has 0 aliphatic carbocycles. The number of anilines is 1. The molecule has 0 amide bonds. The van der Waals surface area contributed by atoms with Gasteiger partial charge in [-0.2, -0.15) is 11.8 Å². The van der Waals surface area contributed by atoms with Gasteiger partial charge in [0.05, 0.1) is 0 Å². The van der Waals surface area contributed by atoms with Crippen molar-refractivity contribution in [3.8, 4) is 0 Å². The predicted molar refractivity (Wildman–Crippen MR) is 74.3 cm³/mol. The first-order valence-corrected chi connectivity index (χ1v) is 7.22. The average Bonchev–Trinajstić information content (AvgIpc) is 2.13. The second kappa shape index (κ2) is 4.89. The fraction of sp³-hybridized carbons (Fsp3) is 0.571. The molecule has 1 aromatic carbocycles. The summed E-state index contributed by atoms with van der Waals surface area (Å²) in [4.78, 5) is 0. The monoisotopic (exact) mass is 253 g/mol. The largest absolute Gasteiger partial charge is 0.381 e. The number of hydrogen-bond donors (Lipinski definition) is 1. The average molecular weight is 253 g/mol. The SMILES string of the molecule is Cc1cc(F)cc(NC2CSCC(C)(C)C2)c1. The van der Waals surface area contributed by atoms with Gasteiger partial charge in [-0.1, -0.05) is 13.8 Å². The molecule has 0 spiro atoms. The van der Waals surface area contributed by atoms with Gasteiger partial charge in [0.15, 0.2) is 0 Å². The topological polar surface area (TPSA) is 12.0 Å². The van der Waals surface area contributed by atoms with Gasteiger partial charge in [-0.25, -0.2) is 4.39 Å². The van der Waals surface area contributed by atoms with Crippen LogP contribution in [-0.2, 0) is 0 Å². The lowest BCUT2D eigenvalue weighted by atomic mass is 9.88. The zero-order valence-corrected chi connectivity index (χ0v) is 11.5. The zero-order chi connectivity index (χ0) is 12.5. The Hall–Kier alpha value is -0.700. The highest BCUT2D eigenvalue weighted by atomic mass is 32.2. The van der Waals surface area contributed by atoms with E-state index >= 15 is 0 Å². The number of nitrogens with one attached hydrogen (secondary N) is 1. The molecule has 1 aliphatic rings. The van der Waals surface area contributed by atoms with Crippen molar-refractivity contribution >= 4 is 17.4 Å². The van der Waals surface area contributed by atoms with Crippen LogP contribution in [0.2, 0.25) is 0 Å². The van der Waals surface area contributed by atoms with Gasteiger partial charge in [-0.3, -0.25) is 0 Å². The summed E-state index contributed by atoms with van der Waals surface area (Å²) in [6.07, 6.45) is 1.15. The third kappa shape index (κ3) is 3.63. The van der Waals surface area contributed by atoms with Crippen molar-refractivity contribution in [3.63, 3.8) is 0 Å². The highest BCUT2D eigenvalue weighted by Crippen LogP contribution is 2.34. The van der Waals surface area contributed by atoms with Crippen molar-refractivity contribution in [3.05, 3.63) is 29.6 Å². The molecule has 0 aromatic heterocycles. The van der Waals surface area contributed by atoms with Crippen molar-refractivity contribution in [2.24, 2.45) is 5.41 Å². The molecule has 1 aliphatic heterocycles. The van der Waals surface area contributed by atoms with E-state index in [2.05, 4.69) is 19.2 Å². The molecule has 1 nitrogen and oxygen atoms in total. The summed E-state index contributed by atoms with van der Waals surface area (Å²) in [6, 6.07) is 5.60. The third-order valence-corrected chi connectivity index (χ3v) is 4.65. The highest BCUT2D eigenvalue weighted by Gasteiger charge is 2.28. The lowest BCUT2D eigenvalue weighted by Crippen LogP contribution is -2.35. The molecule has 1 atom stereocenters. The number of rotatable bonds is 2. The first kappa shape index (κ1) is 12.7. The molecule has 1 heterocycles. The maximum absolute atomic E-state index is 13.3. The smallest absolute Gasteiger partial charge is 0.125 e. The first-order chi connectivity index (χ1) is 7.94. The van der Waals surface area contributed by atoms with Gasteiger partial charge in [-0.05, 0) is 48.3 Å². The maximum Gasteiger partial charge on any atom is 0.125 e. The van der Waals surface area contributed by atoms with Gasteiger partial charge in [0, 0.05) is 17.5 Å². The second-order valence-corrected chi connectivity index (χ2v) is 6.77. The van der Waals surface area contributed by atoms with Crippen molar-refractivity contribution in [1.82, 2.24) is 0 Å². The molecular formula is C14H20FNS. The molecular weight excluding hydrogens is 233 g/mol. The Balaban J connectivity index is 2.05. The number of thioether (sulfide) groups is 1. The molecule has 2 rings (SSSR count). The number of aryl methyl sites for hydroxylation is 1. The minimum absolute atomic E-state index is 0.157. The standard InChI is InChI=1S/C14H20FNS/c1-10-4-11(15)6-12(5-10)16-13-7-14(2,3)9-17-8-13/h4-6,13,16H,7-9H2,1-3H3. The molecule has 1 N–H and O–H groups in total. The quantitative estimate of drug-likeness (QED) is 0.852. The van der Waals surface area contributed by atoms with Gasteiger partial charge >= 0.3 is 0 Å². The van der Waals surface area contributed by atoms with Crippen LogP contribution in [0.4, 0.5) is 10.1 Å². The summed E-state index contributed by atoms with van der Waals surface area (Å²) in [5.41, 5.74) is 2.25. The van der Waals surface area contributed by atoms with Crippen LogP contribution in [-0.4, -0.2) is 17.5 Å². The number of hydrogen-bond acceptors (Lipinski definition) is 2. The molecule has 1 unspecified atom stereocenters. The van der Waals surface area contributed by atoms with Crippen LogP contribution in [0.15, 0.2) is 18.2 Å². The van der Waals surface area contributed by atoms with Crippen LogP contribution in [0.3, 0.4) is 0 Å². The molecule has 1 aromatic rings. The molecule has 17 heavy (non-hydrogen) atoms. The Morgan fingerprint density at radius 3 is 2.76 bits per heavy atom. The van der Waals surface area contributed by atoms with Crippen molar-refractivity contribution in [1.29, 1.82) is 0 Å². The van der Waals surface area contributed by atoms with Crippen LogP contribution >= 0.6 is 11.8 Å². The summed E-state index contributed by atoms with van der Waals surface area (Å²) in [6.45, 7) is 6.52. The van der Waals surface area contributed by atoms with Crippen LogP contribution < -0.4 is 5.32 Å². The zero-order valence-electron chi connectivity index (χ0n) is 10.7.